The Morgan fingerprint density at radius 1 is 1.30 bits per heavy atom. The maximum Gasteiger partial charge on any atom is 0.260 e. The topological polar surface area (TPSA) is 67.6 Å². The molecule has 1 aromatic carbocycles. The molecule has 0 radical (unpaired) electrons. The van der Waals surface area contributed by atoms with E-state index < -0.39 is 0 Å². The van der Waals surface area contributed by atoms with Crippen LogP contribution in [0.2, 0.25) is 0 Å². The van der Waals surface area contributed by atoms with Crippen LogP contribution in [0.4, 0.5) is 5.69 Å². The average molecular weight is 319 g/mol. The van der Waals surface area contributed by atoms with Gasteiger partial charge in [0.2, 0.25) is 0 Å². The molecule has 1 aromatic rings. The molecule has 1 heterocycles. The minimum Gasteiger partial charge on any atom is -0.483 e. The van der Waals surface area contributed by atoms with Crippen molar-refractivity contribution in [2.75, 3.05) is 32.0 Å². The third-order valence-electron chi connectivity index (χ3n) is 4.87. The third kappa shape index (κ3) is 3.96. The summed E-state index contributed by atoms with van der Waals surface area (Å²) in [5.74, 6) is 0.815. The van der Waals surface area contributed by atoms with Crippen LogP contribution in [0.1, 0.15) is 36.5 Å². The standard InChI is InChI=1S/C18H29N3O2/c1-5-21(15-6-8-20-9-7-15)17(22)11-23-16-10-12(2)18(19)14(4)13(16)3/h10,15,20H,5-9,11,19H2,1-4H3. The Balaban J connectivity index is 2.03. The lowest BCUT2D eigenvalue weighted by atomic mass is 10.0. The number of nitrogens with one attached hydrogen (secondary N) is 1. The molecule has 1 aliphatic heterocycles. The number of piperidine rings is 1. The number of anilines is 1. The van der Waals surface area contributed by atoms with Crippen molar-refractivity contribution in [3.8, 4) is 5.75 Å². The second kappa shape index (κ2) is 7.68. The van der Waals surface area contributed by atoms with Crippen LogP contribution in [0.15, 0.2) is 6.07 Å². The Kier molecular flexibility index (Phi) is 5.88. The zero-order chi connectivity index (χ0) is 17.0. The molecular formula is C18H29N3O2. The van der Waals surface area contributed by atoms with Gasteiger partial charge in [-0.15, -0.1) is 0 Å². The number of ether oxygens (including phenoxy) is 1. The maximum atomic E-state index is 12.6. The van der Waals surface area contributed by atoms with E-state index in [2.05, 4.69) is 5.32 Å². The molecule has 3 N–H and O–H groups in total. The lowest BCUT2D eigenvalue weighted by molar-refractivity contribution is -0.136. The summed E-state index contributed by atoms with van der Waals surface area (Å²) in [6, 6.07) is 2.25. The molecule has 2 rings (SSSR count). The zero-order valence-electron chi connectivity index (χ0n) is 14.7. The van der Waals surface area contributed by atoms with Gasteiger partial charge in [0.05, 0.1) is 0 Å². The van der Waals surface area contributed by atoms with Gasteiger partial charge in [0, 0.05) is 18.3 Å². The van der Waals surface area contributed by atoms with Gasteiger partial charge >= 0.3 is 0 Å². The Labute approximate surface area is 139 Å². The summed E-state index contributed by atoms with van der Waals surface area (Å²) in [4.78, 5) is 14.5. The van der Waals surface area contributed by atoms with E-state index in [-0.39, 0.29) is 12.5 Å². The highest BCUT2D eigenvalue weighted by Crippen LogP contribution is 2.29. The van der Waals surface area contributed by atoms with Crippen LogP contribution in [-0.2, 0) is 4.79 Å². The van der Waals surface area contributed by atoms with Crippen molar-refractivity contribution in [1.29, 1.82) is 0 Å². The van der Waals surface area contributed by atoms with Gasteiger partial charge in [-0.05, 0) is 76.4 Å². The minimum absolute atomic E-state index is 0.0610. The maximum absolute atomic E-state index is 12.6. The van der Waals surface area contributed by atoms with Gasteiger partial charge in [0.15, 0.2) is 6.61 Å². The summed E-state index contributed by atoms with van der Waals surface area (Å²) < 4.78 is 5.83. The average Bonchev–Trinajstić information content (AvgIpc) is 2.56. The summed E-state index contributed by atoms with van der Waals surface area (Å²) in [7, 11) is 0. The molecule has 5 heteroatoms. The van der Waals surface area contributed by atoms with Crippen LogP contribution >= 0.6 is 0 Å². The number of benzene rings is 1. The predicted molar refractivity (Wildman–Crippen MR) is 93.8 cm³/mol. The number of hydrogen-bond acceptors (Lipinski definition) is 4. The van der Waals surface area contributed by atoms with Crippen LogP contribution in [0, 0.1) is 20.8 Å². The SMILES string of the molecule is CCN(C(=O)COc1cc(C)c(N)c(C)c1C)C1CCNCC1. The van der Waals surface area contributed by atoms with E-state index in [0.29, 0.717) is 6.04 Å². The van der Waals surface area contributed by atoms with Crippen molar-refractivity contribution in [3.05, 3.63) is 22.8 Å². The highest BCUT2D eigenvalue weighted by atomic mass is 16.5. The Morgan fingerprint density at radius 2 is 1.96 bits per heavy atom. The predicted octanol–water partition coefficient (Wildman–Crippen LogP) is 2.17. The second-order valence-corrected chi connectivity index (χ2v) is 6.30. The Hall–Kier alpha value is -1.75. The second-order valence-electron chi connectivity index (χ2n) is 6.30. The van der Waals surface area contributed by atoms with Gasteiger partial charge < -0.3 is 20.7 Å². The summed E-state index contributed by atoms with van der Waals surface area (Å²) in [6.07, 6.45) is 2.03. The van der Waals surface area contributed by atoms with Gasteiger partial charge in [-0.1, -0.05) is 0 Å². The molecule has 0 spiro atoms. The van der Waals surface area contributed by atoms with Crippen molar-refractivity contribution in [1.82, 2.24) is 10.2 Å². The number of likely N-dealkylation sites (N-methyl/N-ethyl adjacent to an activating group) is 1. The van der Waals surface area contributed by atoms with Gasteiger partial charge in [0.25, 0.3) is 5.91 Å². The number of nitrogens with two attached hydrogens (primary N) is 1. The summed E-state index contributed by atoms with van der Waals surface area (Å²) >= 11 is 0. The van der Waals surface area contributed by atoms with E-state index in [1.54, 1.807) is 0 Å². The summed E-state index contributed by atoms with van der Waals surface area (Å²) in [5, 5.41) is 3.33. The minimum atomic E-state index is 0.0610. The molecule has 1 saturated heterocycles. The van der Waals surface area contributed by atoms with E-state index >= 15 is 0 Å². The van der Waals surface area contributed by atoms with Gasteiger partial charge in [-0.2, -0.15) is 0 Å². The molecule has 23 heavy (non-hydrogen) atoms. The Morgan fingerprint density at radius 3 is 2.57 bits per heavy atom. The molecule has 1 aliphatic rings. The molecule has 0 aliphatic carbocycles. The molecule has 0 atom stereocenters. The number of aryl methyl sites for hydroxylation is 1. The molecule has 0 bridgehead atoms. The highest BCUT2D eigenvalue weighted by Gasteiger charge is 2.24. The molecule has 0 saturated carbocycles. The molecule has 0 unspecified atom stereocenters. The van der Waals surface area contributed by atoms with Crippen LogP contribution in [0.5, 0.6) is 5.75 Å². The summed E-state index contributed by atoms with van der Waals surface area (Å²) in [6.45, 7) is 10.7. The van der Waals surface area contributed by atoms with Crippen molar-refractivity contribution in [2.24, 2.45) is 0 Å². The lowest BCUT2D eigenvalue weighted by Crippen LogP contribution is -2.47. The number of carbonyl (C=O) groups is 1. The fraction of sp³-hybridized carbons (Fsp3) is 0.611. The smallest absolute Gasteiger partial charge is 0.260 e. The van der Waals surface area contributed by atoms with Crippen molar-refractivity contribution < 1.29 is 9.53 Å². The molecular weight excluding hydrogens is 290 g/mol. The molecule has 1 amide bonds. The van der Waals surface area contributed by atoms with Gasteiger partial charge in [0.1, 0.15) is 5.75 Å². The first kappa shape index (κ1) is 17.6. The third-order valence-corrected chi connectivity index (χ3v) is 4.87. The van der Waals surface area contributed by atoms with Crippen molar-refractivity contribution in [2.45, 2.75) is 46.6 Å². The first-order chi connectivity index (χ1) is 11.0. The largest absolute Gasteiger partial charge is 0.483 e. The number of carbonyl (C=O) groups excluding carboxylic acids is 1. The van der Waals surface area contributed by atoms with E-state index in [0.717, 1.165) is 60.6 Å². The number of nitrogen functional groups attached to an aromatic ring is 1. The molecule has 0 aromatic heterocycles. The fourth-order valence-corrected chi connectivity index (χ4v) is 3.19. The number of nitrogens with zero attached hydrogens (tertiary/aromatic N) is 1. The van der Waals surface area contributed by atoms with Crippen LogP contribution < -0.4 is 15.8 Å². The van der Waals surface area contributed by atoms with Crippen molar-refractivity contribution in [3.63, 3.8) is 0 Å². The monoisotopic (exact) mass is 319 g/mol. The Bertz CT molecular complexity index is 566. The number of hydrogen-bond donors (Lipinski definition) is 2. The van der Waals surface area contributed by atoms with Gasteiger partial charge in [-0.3, -0.25) is 4.79 Å². The van der Waals surface area contributed by atoms with E-state index in [4.69, 9.17) is 10.5 Å². The van der Waals surface area contributed by atoms with Crippen LogP contribution in [0.25, 0.3) is 0 Å². The van der Waals surface area contributed by atoms with Crippen LogP contribution in [-0.4, -0.2) is 43.1 Å². The summed E-state index contributed by atoms with van der Waals surface area (Å²) in [5.41, 5.74) is 9.85. The van der Waals surface area contributed by atoms with Crippen molar-refractivity contribution >= 4 is 11.6 Å². The fourth-order valence-electron chi connectivity index (χ4n) is 3.19. The zero-order valence-corrected chi connectivity index (χ0v) is 14.7. The number of rotatable bonds is 5. The van der Waals surface area contributed by atoms with Gasteiger partial charge in [-0.25, -0.2) is 0 Å². The first-order valence-electron chi connectivity index (χ1n) is 8.45. The van der Waals surface area contributed by atoms with E-state index in [1.165, 1.54) is 0 Å². The number of amides is 1. The molecule has 1 fully saturated rings. The first-order valence-corrected chi connectivity index (χ1v) is 8.45. The molecule has 128 valence electrons. The van der Waals surface area contributed by atoms with Crippen LogP contribution in [0.3, 0.4) is 0 Å². The quantitative estimate of drug-likeness (QED) is 0.816. The van der Waals surface area contributed by atoms with E-state index in [9.17, 15) is 4.79 Å². The van der Waals surface area contributed by atoms with E-state index in [1.807, 2.05) is 38.7 Å². The normalized spacial score (nSPS) is 15.5. The lowest BCUT2D eigenvalue weighted by Gasteiger charge is -2.34. The molecule has 5 nitrogen and oxygen atoms in total. The highest BCUT2D eigenvalue weighted by molar-refractivity contribution is 5.78.